The number of amides is 1. The van der Waals surface area contributed by atoms with Gasteiger partial charge in [0.05, 0.1) is 11.6 Å². The van der Waals surface area contributed by atoms with Crippen LogP contribution in [0, 0.1) is 11.3 Å². The first kappa shape index (κ1) is 11.9. The molecule has 5 heteroatoms. The molecule has 0 atom stereocenters. The summed E-state index contributed by atoms with van der Waals surface area (Å²) >= 11 is 0. The molecule has 0 aliphatic rings. The largest absolute Gasteiger partial charge is 0.326 e. The van der Waals surface area contributed by atoms with Gasteiger partial charge in [0.1, 0.15) is 0 Å². The fraction of sp³-hybridized carbons (Fsp3) is 0.154. The summed E-state index contributed by atoms with van der Waals surface area (Å²) in [6.07, 6.45) is 3.83. The van der Waals surface area contributed by atoms with Gasteiger partial charge < -0.3 is 5.32 Å². The quantitative estimate of drug-likeness (QED) is 0.885. The van der Waals surface area contributed by atoms with E-state index in [1.54, 1.807) is 35.1 Å². The van der Waals surface area contributed by atoms with Crippen molar-refractivity contribution in [1.82, 2.24) is 9.78 Å². The first-order valence-electron chi connectivity index (χ1n) is 5.55. The maximum absolute atomic E-state index is 11.7. The Morgan fingerprint density at radius 1 is 1.44 bits per heavy atom. The summed E-state index contributed by atoms with van der Waals surface area (Å²) in [5.41, 5.74) is 1.17. The summed E-state index contributed by atoms with van der Waals surface area (Å²) < 4.78 is 1.70. The fourth-order valence-corrected chi connectivity index (χ4v) is 1.54. The number of carbonyl (C=O) groups excluding carboxylic acids is 1. The molecule has 90 valence electrons. The lowest BCUT2D eigenvalue weighted by Crippen LogP contribution is -2.14. The normalized spacial score (nSPS) is 9.72. The third-order valence-corrected chi connectivity index (χ3v) is 2.40. The van der Waals surface area contributed by atoms with Crippen molar-refractivity contribution in [3.8, 4) is 6.07 Å². The van der Waals surface area contributed by atoms with Crippen LogP contribution < -0.4 is 5.32 Å². The van der Waals surface area contributed by atoms with Gasteiger partial charge in [-0.05, 0) is 24.3 Å². The lowest BCUT2D eigenvalue weighted by Gasteiger charge is -2.05. The van der Waals surface area contributed by atoms with E-state index in [2.05, 4.69) is 10.4 Å². The second-order valence-corrected chi connectivity index (χ2v) is 3.76. The molecule has 0 unspecified atom stereocenters. The minimum atomic E-state index is -0.0967. The summed E-state index contributed by atoms with van der Waals surface area (Å²) in [5.74, 6) is -0.0967. The number of benzene rings is 1. The van der Waals surface area contributed by atoms with Gasteiger partial charge in [0.25, 0.3) is 0 Å². The van der Waals surface area contributed by atoms with E-state index in [1.165, 1.54) is 0 Å². The van der Waals surface area contributed by atoms with Gasteiger partial charge in [0.2, 0.25) is 5.91 Å². The summed E-state index contributed by atoms with van der Waals surface area (Å²) in [6, 6.07) is 10.7. The predicted molar refractivity (Wildman–Crippen MR) is 66.6 cm³/mol. The van der Waals surface area contributed by atoms with E-state index in [-0.39, 0.29) is 5.91 Å². The van der Waals surface area contributed by atoms with E-state index < -0.39 is 0 Å². The van der Waals surface area contributed by atoms with E-state index in [4.69, 9.17) is 5.26 Å². The molecule has 18 heavy (non-hydrogen) atoms. The molecular weight excluding hydrogens is 228 g/mol. The zero-order valence-corrected chi connectivity index (χ0v) is 9.71. The monoisotopic (exact) mass is 240 g/mol. The molecule has 2 aromatic rings. The minimum absolute atomic E-state index is 0.0967. The molecule has 0 fully saturated rings. The van der Waals surface area contributed by atoms with Crippen LogP contribution in [0.5, 0.6) is 0 Å². The van der Waals surface area contributed by atoms with Gasteiger partial charge in [-0.3, -0.25) is 9.48 Å². The summed E-state index contributed by atoms with van der Waals surface area (Å²) in [6.45, 7) is 0.538. The second-order valence-electron chi connectivity index (χ2n) is 3.76. The molecule has 1 heterocycles. The molecule has 0 spiro atoms. The smallest absolute Gasteiger partial charge is 0.226 e. The molecule has 1 aromatic carbocycles. The molecular formula is C13H12N4O. The Bertz CT molecular complexity index is 569. The molecule has 1 amide bonds. The van der Waals surface area contributed by atoms with Crippen molar-refractivity contribution >= 4 is 11.6 Å². The average Bonchev–Trinajstić information content (AvgIpc) is 2.90. The number of nitrogens with one attached hydrogen (secondary N) is 1. The van der Waals surface area contributed by atoms with Crippen molar-refractivity contribution in [2.24, 2.45) is 0 Å². The topological polar surface area (TPSA) is 70.7 Å². The first-order valence-corrected chi connectivity index (χ1v) is 5.55. The number of carbonyl (C=O) groups is 1. The number of hydrogen-bond acceptors (Lipinski definition) is 3. The standard InChI is InChI=1S/C13H12N4O/c14-10-11-3-1-4-12(9-11)16-13(18)5-8-17-7-2-6-15-17/h1-4,6-7,9H,5,8H2,(H,16,18). The Morgan fingerprint density at radius 3 is 3.06 bits per heavy atom. The molecule has 2 rings (SSSR count). The fourth-order valence-electron chi connectivity index (χ4n) is 1.54. The van der Waals surface area contributed by atoms with E-state index in [1.807, 2.05) is 18.3 Å². The summed E-state index contributed by atoms with van der Waals surface area (Å²) in [7, 11) is 0. The molecule has 0 saturated heterocycles. The number of anilines is 1. The highest BCUT2D eigenvalue weighted by molar-refractivity contribution is 5.90. The number of rotatable bonds is 4. The predicted octanol–water partition coefficient (Wildman–Crippen LogP) is 1.78. The van der Waals surface area contributed by atoms with E-state index in [0.29, 0.717) is 24.2 Å². The molecule has 0 saturated carbocycles. The van der Waals surface area contributed by atoms with Gasteiger partial charge in [0, 0.05) is 31.0 Å². The van der Waals surface area contributed by atoms with Gasteiger partial charge in [-0.15, -0.1) is 0 Å². The maximum Gasteiger partial charge on any atom is 0.226 e. The van der Waals surface area contributed by atoms with Gasteiger partial charge in [-0.25, -0.2) is 0 Å². The lowest BCUT2D eigenvalue weighted by molar-refractivity contribution is -0.116. The van der Waals surface area contributed by atoms with Gasteiger partial charge in [-0.2, -0.15) is 10.4 Å². The summed E-state index contributed by atoms with van der Waals surface area (Å²) in [4.78, 5) is 11.7. The maximum atomic E-state index is 11.7. The van der Waals surface area contributed by atoms with Crippen molar-refractivity contribution in [2.75, 3.05) is 5.32 Å². The van der Waals surface area contributed by atoms with Crippen LogP contribution in [0.3, 0.4) is 0 Å². The zero-order valence-electron chi connectivity index (χ0n) is 9.71. The van der Waals surface area contributed by atoms with Crippen LogP contribution >= 0.6 is 0 Å². The van der Waals surface area contributed by atoms with Crippen LogP contribution in [0.4, 0.5) is 5.69 Å². The summed E-state index contributed by atoms with van der Waals surface area (Å²) in [5, 5.41) is 15.5. The van der Waals surface area contributed by atoms with Crippen molar-refractivity contribution in [2.45, 2.75) is 13.0 Å². The second kappa shape index (κ2) is 5.64. The Labute approximate surface area is 105 Å². The van der Waals surface area contributed by atoms with Crippen molar-refractivity contribution in [1.29, 1.82) is 5.26 Å². The first-order chi connectivity index (χ1) is 8.78. The van der Waals surface area contributed by atoms with Crippen molar-refractivity contribution in [3.05, 3.63) is 48.3 Å². The van der Waals surface area contributed by atoms with Crippen LogP contribution in [0.25, 0.3) is 0 Å². The third kappa shape index (κ3) is 3.19. The van der Waals surface area contributed by atoms with E-state index >= 15 is 0 Å². The number of nitrogens with zero attached hydrogens (tertiary/aromatic N) is 3. The highest BCUT2D eigenvalue weighted by Gasteiger charge is 2.03. The number of aryl methyl sites for hydroxylation is 1. The molecule has 0 bridgehead atoms. The van der Waals surface area contributed by atoms with E-state index in [0.717, 1.165) is 0 Å². The highest BCUT2D eigenvalue weighted by atomic mass is 16.1. The molecule has 0 aliphatic heterocycles. The van der Waals surface area contributed by atoms with Crippen LogP contribution in [0.15, 0.2) is 42.7 Å². The minimum Gasteiger partial charge on any atom is -0.326 e. The Hall–Kier alpha value is -2.61. The van der Waals surface area contributed by atoms with Crippen molar-refractivity contribution < 1.29 is 4.79 Å². The Kier molecular flexibility index (Phi) is 3.72. The molecule has 5 nitrogen and oxygen atoms in total. The van der Waals surface area contributed by atoms with Gasteiger partial charge >= 0.3 is 0 Å². The average molecular weight is 240 g/mol. The lowest BCUT2D eigenvalue weighted by atomic mass is 10.2. The van der Waals surface area contributed by atoms with Gasteiger partial charge in [-0.1, -0.05) is 6.07 Å². The number of hydrogen-bond donors (Lipinski definition) is 1. The van der Waals surface area contributed by atoms with Crippen LogP contribution in [0.2, 0.25) is 0 Å². The Balaban J connectivity index is 1.89. The van der Waals surface area contributed by atoms with E-state index in [9.17, 15) is 4.79 Å². The SMILES string of the molecule is N#Cc1cccc(NC(=O)CCn2cccn2)c1. The van der Waals surface area contributed by atoms with Crippen LogP contribution in [-0.2, 0) is 11.3 Å². The molecule has 0 aliphatic carbocycles. The zero-order chi connectivity index (χ0) is 12.8. The molecule has 0 radical (unpaired) electrons. The molecule has 1 N–H and O–H groups in total. The van der Waals surface area contributed by atoms with Gasteiger partial charge in [0.15, 0.2) is 0 Å². The Morgan fingerprint density at radius 2 is 2.33 bits per heavy atom. The third-order valence-electron chi connectivity index (χ3n) is 2.40. The molecule has 1 aromatic heterocycles. The van der Waals surface area contributed by atoms with Crippen molar-refractivity contribution in [3.63, 3.8) is 0 Å². The highest BCUT2D eigenvalue weighted by Crippen LogP contribution is 2.10. The number of aromatic nitrogens is 2. The van der Waals surface area contributed by atoms with Crippen LogP contribution in [0.1, 0.15) is 12.0 Å². The number of nitriles is 1. The van der Waals surface area contributed by atoms with Crippen LogP contribution in [-0.4, -0.2) is 15.7 Å².